The number of carbonyl (C=O) groups is 2. The average Bonchev–Trinajstić information content (AvgIpc) is 3.02. The SMILES string of the molecule is O=C(CCc1ccc([C@H]2CCC[C@H](c3ccc(CCC(=O)Cc4ccc(Cl)cc4)nn3)C2)nn1)Cc1ccc(Cl)cc1. The van der Waals surface area contributed by atoms with Crippen LogP contribution in [-0.2, 0) is 35.3 Å². The zero-order valence-electron chi connectivity index (χ0n) is 23.5. The van der Waals surface area contributed by atoms with Gasteiger partial charge in [-0.05, 0) is 91.8 Å². The number of rotatable bonds is 12. The van der Waals surface area contributed by atoms with Gasteiger partial charge in [-0.25, -0.2) is 0 Å². The topological polar surface area (TPSA) is 85.7 Å². The van der Waals surface area contributed by atoms with Crippen molar-refractivity contribution < 1.29 is 9.59 Å². The molecular formula is C34H34Cl2N4O2. The molecule has 1 aliphatic carbocycles. The molecule has 0 saturated heterocycles. The normalized spacial score (nSPS) is 16.7. The molecule has 1 fully saturated rings. The molecule has 0 unspecified atom stereocenters. The molecule has 4 aromatic rings. The van der Waals surface area contributed by atoms with Gasteiger partial charge in [0.1, 0.15) is 11.6 Å². The number of nitrogens with zero attached hydrogens (tertiary/aromatic N) is 4. The minimum Gasteiger partial charge on any atom is -0.299 e. The Labute approximate surface area is 256 Å². The summed E-state index contributed by atoms with van der Waals surface area (Å²) in [5.41, 5.74) is 5.61. The van der Waals surface area contributed by atoms with E-state index in [1.807, 2.05) is 60.7 Å². The molecule has 2 aromatic heterocycles. The van der Waals surface area contributed by atoms with Gasteiger partial charge in [0.05, 0.1) is 22.8 Å². The summed E-state index contributed by atoms with van der Waals surface area (Å²) in [4.78, 5) is 24.8. The van der Waals surface area contributed by atoms with Gasteiger partial charge in [0.2, 0.25) is 0 Å². The third-order valence-corrected chi connectivity index (χ3v) is 8.44. The second kappa shape index (κ2) is 14.6. The van der Waals surface area contributed by atoms with Gasteiger partial charge >= 0.3 is 0 Å². The van der Waals surface area contributed by atoms with E-state index in [1.54, 1.807) is 0 Å². The Morgan fingerprint density at radius 2 is 1.02 bits per heavy atom. The third-order valence-electron chi connectivity index (χ3n) is 7.94. The minimum atomic E-state index is 0.176. The van der Waals surface area contributed by atoms with Crippen molar-refractivity contribution >= 4 is 34.8 Å². The highest BCUT2D eigenvalue weighted by Crippen LogP contribution is 2.39. The van der Waals surface area contributed by atoms with E-state index >= 15 is 0 Å². The van der Waals surface area contributed by atoms with Gasteiger partial charge in [0.15, 0.2) is 0 Å². The van der Waals surface area contributed by atoms with Crippen molar-refractivity contribution in [2.45, 2.75) is 76.0 Å². The maximum Gasteiger partial charge on any atom is 0.137 e. The molecular weight excluding hydrogens is 567 g/mol. The Bertz CT molecular complexity index is 1360. The third kappa shape index (κ3) is 8.76. The fourth-order valence-corrected chi connectivity index (χ4v) is 5.79. The summed E-state index contributed by atoms with van der Waals surface area (Å²) < 4.78 is 0. The van der Waals surface area contributed by atoms with Crippen LogP contribution in [0.5, 0.6) is 0 Å². The van der Waals surface area contributed by atoms with Gasteiger partial charge in [-0.2, -0.15) is 20.4 Å². The van der Waals surface area contributed by atoms with Crippen molar-refractivity contribution in [2.24, 2.45) is 0 Å². The number of hydrogen-bond acceptors (Lipinski definition) is 6. The molecule has 2 heterocycles. The van der Waals surface area contributed by atoms with E-state index in [1.165, 1.54) is 0 Å². The summed E-state index contributed by atoms with van der Waals surface area (Å²) in [5, 5.41) is 19.3. The van der Waals surface area contributed by atoms with Gasteiger partial charge in [0.25, 0.3) is 0 Å². The molecule has 2 atom stereocenters. The summed E-state index contributed by atoms with van der Waals surface area (Å²) in [6, 6.07) is 22.9. The first-order valence-electron chi connectivity index (χ1n) is 14.6. The number of halogens is 2. The lowest BCUT2D eigenvalue weighted by molar-refractivity contribution is -0.119. The van der Waals surface area contributed by atoms with Crippen molar-refractivity contribution in [2.75, 3.05) is 0 Å². The van der Waals surface area contributed by atoms with Crippen molar-refractivity contribution in [3.63, 3.8) is 0 Å². The Hall–Kier alpha value is -3.48. The van der Waals surface area contributed by atoms with Crippen molar-refractivity contribution in [3.8, 4) is 0 Å². The second-order valence-electron chi connectivity index (χ2n) is 11.1. The molecule has 0 amide bonds. The Kier molecular flexibility index (Phi) is 10.4. The van der Waals surface area contributed by atoms with Crippen molar-refractivity contribution in [1.82, 2.24) is 20.4 Å². The molecule has 0 aliphatic heterocycles. The van der Waals surface area contributed by atoms with Gasteiger partial charge < -0.3 is 0 Å². The molecule has 0 N–H and O–H groups in total. The zero-order valence-corrected chi connectivity index (χ0v) is 25.0. The number of aryl methyl sites for hydroxylation is 2. The highest BCUT2D eigenvalue weighted by atomic mass is 35.5. The van der Waals surface area contributed by atoms with Crippen LogP contribution in [0.15, 0.2) is 72.8 Å². The quantitative estimate of drug-likeness (QED) is 0.167. The first-order valence-corrected chi connectivity index (χ1v) is 15.3. The van der Waals surface area contributed by atoms with E-state index in [9.17, 15) is 9.59 Å². The molecule has 1 saturated carbocycles. The number of Topliss-reactive ketones (excluding diaryl/α,β-unsaturated/α-hetero) is 2. The summed E-state index contributed by atoms with van der Waals surface area (Å²) >= 11 is 11.9. The van der Waals surface area contributed by atoms with Crippen molar-refractivity contribution in [3.05, 3.63) is 117 Å². The highest BCUT2D eigenvalue weighted by molar-refractivity contribution is 6.30. The maximum atomic E-state index is 12.4. The van der Waals surface area contributed by atoms with E-state index < -0.39 is 0 Å². The zero-order chi connectivity index (χ0) is 29.3. The fraction of sp³-hybridized carbons (Fsp3) is 0.353. The van der Waals surface area contributed by atoms with Crippen LogP contribution in [0.3, 0.4) is 0 Å². The number of hydrogen-bond donors (Lipinski definition) is 0. The van der Waals surface area contributed by atoms with E-state index in [2.05, 4.69) is 32.5 Å². The first-order chi connectivity index (χ1) is 20.4. The maximum absolute atomic E-state index is 12.4. The Morgan fingerprint density at radius 3 is 1.40 bits per heavy atom. The molecule has 42 heavy (non-hydrogen) atoms. The van der Waals surface area contributed by atoms with Gasteiger partial charge in [-0.1, -0.05) is 53.9 Å². The number of aromatic nitrogens is 4. The average molecular weight is 602 g/mol. The molecule has 6 nitrogen and oxygen atoms in total. The largest absolute Gasteiger partial charge is 0.299 e. The summed E-state index contributed by atoms with van der Waals surface area (Å²) in [6.45, 7) is 0. The molecule has 8 heteroatoms. The van der Waals surface area contributed by atoms with Gasteiger partial charge in [-0.15, -0.1) is 0 Å². The minimum absolute atomic E-state index is 0.176. The van der Waals surface area contributed by atoms with Crippen LogP contribution in [-0.4, -0.2) is 32.0 Å². The lowest BCUT2D eigenvalue weighted by atomic mass is 9.78. The second-order valence-corrected chi connectivity index (χ2v) is 12.0. The monoisotopic (exact) mass is 600 g/mol. The lowest BCUT2D eigenvalue weighted by Crippen LogP contribution is -2.16. The van der Waals surface area contributed by atoms with Crippen LogP contribution in [0.1, 0.15) is 84.3 Å². The number of ketones is 2. The molecule has 5 rings (SSSR count). The van der Waals surface area contributed by atoms with E-state index in [0.717, 1.165) is 59.6 Å². The van der Waals surface area contributed by atoms with E-state index in [-0.39, 0.29) is 11.6 Å². The van der Waals surface area contributed by atoms with E-state index in [4.69, 9.17) is 23.2 Å². The smallest absolute Gasteiger partial charge is 0.137 e. The predicted molar refractivity (Wildman–Crippen MR) is 165 cm³/mol. The molecule has 0 spiro atoms. The van der Waals surface area contributed by atoms with Crippen LogP contribution < -0.4 is 0 Å². The number of carbonyl (C=O) groups excluding carboxylic acids is 2. The molecule has 216 valence electrons. The van der Waals surface area contributed by atoms with Crippen LogP contribution in [0.4, 0.5) is 0 Å². The van der Waals surface area contributed by atoms with Gasteiger partial charge in [-0.3, -0.25) is 9.59 Å². The molecule has 0 bridgehead atoms. The number of benzene rings is 2. The van der Waals surface area contributed by atoms with Crippen molar-refractivity contribution in [1.29, 1.82) is 0 Å². The van der Waals surface area contributed by atoms with Crippen LogP contribution in [0, 0.1) is 0 Å². The highest BCUT2D eigenvalue weighted by Gasteiger charge is 2.26. The Balaban J connectivity index is 1.08. The van der Waals surface area contributed by atoms with Crippen LogP contribution >= 0.6 is 23.2 Å². The van der Waals surface area contributed by atoms with Crippen LogP contribution in [0.2, 0.25) is 10.0 Å². The standard InChI is InChI=1S/C34H34Cl2N4O2/c35-27-8-4-23(5-9-27)20-31(41)16-12-29-14-18-33(39-37-29)25-2-1-3-26(22-25)34-19-15-30(38-40-34)13-17-32(42)21-24-6-10-28(36)11-7-24/h4-11,14-15,18-19,25-26H,1-3,12-13,16-17,20-22H2/t25-,26-/m0/s1. The Morgan fingerprint density at radius 1 is 0.595 bits per heavy atom. The van der Waals surface area contributed by atoms with E-state index in [0.29, 0.717) is 60.4 Å². The summed E-state index contributed by atoms with van der Waals surface area (Å²) in [7, 11) is 0. The summed E-state index contributed by atoms with van der Waals surface area (Å²) in [5.74, 6) is 0.998. The summed E-state index contributed by atoms with van der Waals surface area (Å²) in [6.07, 6.45) is 7.05. The molecule has 1 aliphatic rings. The van der Waals surface area contributed by atoms with Crippen LogP contribution in [0.25, 0.3) is 0 Å². The molecule has 2 aromatic carbocycles. The van der Waals surface area contributed by atoms with Gasteiger partial charge in [0, 0.05) is 47.6 Å². The fourth-order valence-electron chi connectivity index (χ4n) is 5.54. The predicted octanol–water partition coefficient (Wildman–Crippen LogP) is 7.50. The molecule has 0 radical (unpaired) electrons. The first kappa shape index (κ1) is 30.0. The lowest BCUT2D eigenvalue weighted by Gasteiger charge is -2.28.